The number of alkyl halides is 4. The molecular weight excluding hydrogens is 545 g/mol. The normalized spacial score (nSPS) is 15.6. The number of hydrogen-bond donors (Lipinski definition) is 0. The summed E-state index contributed by atoms with van der Waals surface area (Å²) >= 11 is 4.68. The van der Waals surface area contributed by atoms with Crippen molar-refractivity contribution >= 4 is 45.3 Å². The maximum Gasteiger partial charge on any atom is 0.300 e. The summed E-state index contributed by atoms with van der Waals surface area (Å²) < 4.78 is 62.5. The van der Waals surface area contributed by atoms with Gasteiger partial charge in [0.2, 0.25) is 0 Å². The van der Waals surface area contributed by atoms with Crippen LogP contribution in [0.3, 0.4) is 0 Å². The lowest BCUT2D eigenvalue weighted by Crippen LogP contribution is -2.13. The Morgan fingerprint density at radius 2 is 0.944 bits per heavy atom. The van der Waals surface area contributed by atoms with Crippen molar-refractivity contribution in [2.75, 3.05) is 0 Å². The van der Waals surface area contributed by atoms with Crippen LogP contribution in [0.4, 0.5) is 17.6 Å². The molecule has 2 aliphatic rings. The molecule has 0 saturated carbocycles. The fourth-order valence-corrected chi connectivity index (χ4v) is 8.95. The van der Waals surface area contributed by atoms with Crippen molar-refractivity contribution in [1.82, 2.24) is 0 Å². The molecule has 0 N–H and O–H groups in total. The Balaban J connectivity index is 1.38. The number of thiophene rings is 4. The van der Waals surface area contributed by atoms with E-state index in [9.17, 15) is 0 Å². The first-order chi connectivity index (χ1) is 17.2. The van der Waals surface area contributed by atoms with Crippen LogP contribution in [0.15, 0.2) is 48.5 Å². The highest BCUT2D eigenvalue weighted by Crippen LogP contribution is 2.62. The van der Waals surface area contributed by atoms with Gasteiger partial charge in [0.05, 0.1) is 0 Å². The molecule has 0 saturated heterocycles. The molecule has 2 nitrogen and oxygen atoms in total. The van der Waals surface area contributed by atoms with Crippen LogP contribution < -0.4 is 0 Å². The average Bonchev–Trinajstić information content (AvgIpc) is 3.68. The van der Waals surface area contributed by atoms with Crippen LogP contribution in [0.1, 0.15) is 32.0 Å². The number of nitriles is 2. The molecule has 2 aliphatic carbocycles. The molecule has 4 heterocycles. The first kappa shape index (κ1) is 22.0. The molecule has 4 aromatic heterocycles. The molecule has 0 radical (unpaired) electrons. The molecule has 10 heteroatoms. The molecule has 0 atom stereocenters. The summed E-state index contributed by atoms with van der Waals surface area (Å²) in [5.74, 6) is -6.64. The molecule has 36 heavy (non-hydrogen) atoms. The summed E-state index contributed by atoms with van der Waals surface area (Å²) in [5, 5.41) is 18.2. The third-order valence-electron chi connectivity index (χ3n) is 6.38. The van der Waals surface area contributed by atoms with Gasteiger partial charge in [-0.1, -0.05) is 0 Å². The van der Waals surface area contributed by atoms with Crippen LogP contribution in [0.5, 0.6) is 0 Å². The summed E-state index contributed by atoms with van der Waals surface area (Å²) in [4.78, 5) is 4.07. The summed E-state index contributed by atoms with van der Waals surface area (Å²) in [6, 6.07) is 16.0. The first-order valence-corrected chi connectivity index (χ1v) is 13.7. The number of benzene rings is 1. The summed E-state index contributed by atoms with van der Waals surface area (Å²) in [6.07, 6.45) is 0. The molecule has 5 aromatic rings. The summed E-state index contributed by atoms with van der Waals surface area (Å²) in [5.41, 5.74) is -0.640. The van der Waals surface area contributed by atoms with Crippen molar-refractivity contribution in [2.45, 2.75) is 11.8 Å². The second-order valence-corrected chi connectivity index (χ2v) is 12.6. The number of halogens is 4. The van der Waals surface area contributed by atoms with Gasteiger partial charge in [0.1, 0.15) is 21.9 Å². The fourth-order valence-electron chi connectivity index (χ4n) is 4.74. The van der Waals surface area contributed by atoms with Gasteiger partial charge in [-0.3, -0.25) is 0 Å². The summed E-state index contributed by atoms with van der Waals surface area (Å²) in [7, 11) is 0. The largest absolute Gasteiger partial charge is 0.300 e. The Bertz CT molecular complexity index is 1700. The monoisotopic (exact) mass is 552 g/mol. The maximum absolute atomic E-state index is 15.6. The van der Waals surface area contributed by atoms with Gasteiger partial charge in [0.25, 0.3) is 0 Å². The van der Waals surface area contributed by atoms with Crippen molar-refractivity contribution in [3.63, 3.8) is 0 Å². The van der Waals surface area contributed by atoms with Gasteiger partial charge in [-0.2, -0.15) is 28.1 Å². The van der Waals surface area contributed by atoms with Crippen LogP contribution in [0, 0.1) is 22.7 Å². The second-order valence-electron chi connectivity index (χ2n) is 8.35. The molecule has 174 valence electrons. The molecule has 0 amide bonds. The Kier molecular flexibility index (Phi) is 4.36. The minimum Gasteiger partial charge on any atom is -0.196 e. The highest BCUT2D eigenvalue weighted by atomic mass is 32.1. The predicted octanol–water partition coefficient (Wildman–Crippen LogP) is 9.25. The number of hydrogen-bond acceptors (Lipinski definition) is 6. The Labute approximate surface area is 217 Å². The van der Waals surface area contributed by atoms with Crippen molar-refractivity contribution < 1.29 is 17.6 Å². The number of nitrogens with zero attached hydrogens (tertiary/aromatic N) is 2. The smallest absolute Gasteiger partial charge is 0.196 e. The van der Waals surface area contributed by atoms with Crippen LogP contribution in [0.2, 0.25) is 0 Å². The molecule has 0 unspecified atom stereocenters. The fraction of sp³-hybridized carbons (Fsp3) is 0.0769. The minimum atomic E-state index is -3.32. The molecule has 0 spiro atoms. The average molecular weight is 553 g/mol. The van der Waals surface area contributed by atoms with E-state index in [-0.39, 0.29) is 43.1 Å². The van der Waals surface area contributed by atoms with Gasteiger partial charge in [-0.15, -0.1) is 45.3 Å². The molecule has 1 aromatic carbocycles. The van der Waals surface area contributed by atoms with Gasteiger partial charge < -0.3 is 0 Å². The van der Waals surface area contributed by atoms with E-state index in [1.54, 1.807) is 24.3 Å². The molecule has 0 bridgehead atoms. The zero-order chi connectivity index (χ0) is 25.0. The van der Waals surface area contributed by atoms with Gasteiger partial charge in [-0.05, 0) is 48.5 Å². The van der Waals surface area contributed by atoms with Crippen LogP contribution in [0.25, 0.3) is 40.4 Å². The Hall–Kier alpha value is -3.28. The van der Waals surface area contributed by atoms with Crippen LogP contribution in [-0.2, 0) is 11.8 Å². The SMILES string of the molecule is N#Cc1ccc(-c2cc3c(s2)-c2cc4c(cc2C3(F)F)-c2sc(-c3ccc(C#N)s3)cc2C4(F)F)s1. The lowest BCUT2D eigenvalue weighted by atomic mass is 9.99. The number of fused-ring (bicyclic) bond motifs is 6. The second kappa shape index (κ2) is 7.15. The predicted molar refractivity (Wildman–Crippen MR) is 135 cm³/mol. The van der Waals surface area contributed by atoms with Gasteiger partial charge in [0, 0.05) is 62.6 Å². The molecule has 0 aliphatic heterocycles. The maximum atomic E-state index is 15.6. The van der Waals surface area contributed by atoms with Crippen molar-refractivity contribution in [3.05, 3.63) is 80.5 Å². The van der Waals surface area contributed by atoms with E-state index in [0.29, 0.717) is 29.3 Å². The highest BCUT2D eigenvalue weighted by molar-refractivity contribution is 7.25. The topological polar surface area (TPSA) is 47.6 Å². The van der Waals surface area contributed by atoms with E-state index in [2.05, 4.69) is 0 Å². The third-order valence-corrected chi connectivity index (χ3v) is 11.1. The van der Waals surface area contributed by atoms with Crippen molar-refractivity contribution in [2.24, 2.45) is 0 Å². The van der Waals surface area contributed by atoms with Crippen LogP contribution >= 0.6 is 45.3 Å². The van der Waals surface area contributed by atoms with E-state index in [1.165, 1.54) is 46.9 Å². The zero-order valence-electron chi connectivity index (χ0n) is 17.7. The van der Waals surface area contributed by atoms with E-state index in [4.69, 9.17) is 10.5 Å². The first-order valence-electron chi connectivity index (χ1n) is 10.5. The van der Waals surface area contributed by atoms with Gasteiger partial charge >= 0.3 is 11.8 Å². The molecule has 7 rings (SSSR count). The molecular formula is C26H8F4N2S4. The van der Waals surface area contributed by atoms with E-state index < -0.39 is 11.8 Å². The Morgan fingerprint density at radius 3 is 1.31 bits per heavy atom. The quantitative estimate of drug-likeness (QED) is 0.205. The van der Waals surface area contributed by atoms with Gasteiger partial charge in [-0.25, -0.2) is 0 Å². The van der Waals surface area contributed by atoms with Crippen LogP contribution in [-0.4, -0.2) is 0 Å². The third kappa shape index (κ3) is 2.78. The van der Waals surface area contributed by atoms with Crippen molar-refractivity contribution in [3.8, 4) is 52.5 Å². The lowest BCUT2D eigenvalue weighted by molar-refractivity contribution is 0.0453. The standard InChI is InChI=1S/C26H8F4N2S4/c27-25(28)15-6-14-16(5-13(15)23-17(25)7-21(35-23)19-3-1-11(9-31)33-19)26(29,30)18-8-22(36-24(14)18)20-4-2-12(10-32)34-20/h1-8H. The zero-order valence-corrected chi connectivity index (χ0v) is 20.9. The van der Waals surface area contributed by atoms with E-state index in [0.717, 1.165) is 22.7 Å². The molecule has 0 fully saturated rings. The van der Waals surface area contributed by atoms with Crippen molar-refractivity contribution in [1.29, 1.82) is 10.5 Å². The lowest BCUT2D eigenvalue weighted by Gasteiger charge is -2.15. The van der Waals surface area contributed by atoms with Gasteiger partial charge in [0.15, 0.2) is 0 Å². The minimum absolute atomic E-state index is 0.133. The Morgan fingerprint density at radius 1 is 0.528 bits per heavy atom. The highest BCUT2D eigenvalue weighted by Gasteiger charge is 2.52. The van der Waals surface area contributed by atoms with E-state index in [1.807, 2.05) is 12.1 Å². The summed E-state index contributed by atoms with van der Waals surface area (Å²) in [6.45, 7) is 0. The number of rotatable bonds is 2. The van der Waals surface area contributed by atoms with E-state index >= 15 is 17.6 Å².